The fourth-order valence-electron chi connectivity index (χ4n) is 1.86. The number of aromatic nitrogens is 1. The molecule has 1 aliphatic rings. The van der Waals surface area contributed by atoms with E-state index in [1.165, 1.54) is 6.20 Å². The molecule has 0 saturated carbocycles. The third kappa shape index (κ3) is 3.25. The summed E-state index contributed by atoms with van der Waals surface area (Å²) in [4.78, 5) is 6.16. The van der Waals surface area contributed by atoms with Crippen molar-refractivity contribution < 1.29 is 8.42 Å². The molecule has 1 aliphatic heterocycles. The molecule has 1 N–H and O–H groups in total. The minimum atomic E-state index is -3.46. The van der Waals surface area contributed by atoms with E-state index in [0.717, 1.165) is 19.5 Å². The largest absolute Gasteiger partial charge is 0.305 e. The molecule has 0 aromatic carbocycles. The van der Waals surface area contributed by atoms with Crippen molar-refractivity contribution in [2.45, 2.75) is 17.4 Å². The number of rotatable bonds is 3. The second kappa shape index (κ2) is 5.01. The number of hydrogen-bond donors (Lipinski definition) is 1. The molecule has 0 amide bonds. The third-order valence-electron chi connectivity index (χ3n) is 2.70. The van der Waals surface area contributed by atoms with E-state index in [2.05, 4.69) is 30.5 Å². The van der Waals surface area contributed by atoms with Gasteiger partial charge in [0.25, 0.3) is 0 Å². The van der Waals surface area contributed by atoms with E-state index in [9.17, 15) is 8.42 Å². The number of likely N-dealkylation sites (tertiary alicyclic amines) is 1. The van der Waals surface area contributed by atoms with Crippen LogP contribution in [0.5, 0.6) is 0 Å². The highest BCUT2D eigenvalue weighted by molar-refractivity contribution is 9.10. The maximum absolute atomic E-state index is 12.1. The lowest BCUT2D eigenvalue weighted by atomic mass is 10.3. The summed E-state index contributed by atoms with van der Waals surface area (Å²) in [5.74, 6) is 0. The first-order valence-corrected chi connectivity index (χ1v) is 7.56. The average Bonchev–Trinajstić information content (AvgIpc) is 2.63. The van der Waals surface area contributed by atoms with Gasteiger partial charge in [-0.2, -0.15) is 0 Å². The van der Waals surface area contributed by atoms with E-state index in [4.69, 9.17) is 0 Å². The van der Waals surface area contributed by atoms with Crippen molar-refractivity contribution in [3.05, 3.63) is 22.9 Å². The normalized spacial score (nSPS) is 21.9. The van der Waals surface area contributed by atoms with E-state index in [1.54, 1.807) is 12.3 Å². The van der Waals surface area contributed by atoms with Crippen LogP contribution in [0.2, 0.25) is 0 Å². The number of likely N-dealkylation sites (N-methyl/N-ethyl adjacent to an activating group) is 1. The molecule has 5 nitrogen and oxygen atoms in total. The average molecular weight is 320 g/mol. The summed E-state index contributed by atoms with van der Waals surface area (Å²) in [7, 11) is -1.48. The summed E-state index contributed by atoms with van der Waals surface area (Å²) in [6.45, 7) is 1.67. The van der Waals surface area contributed by atoms with Gasteiger partial charge in [0.2, 0.25) is 10.0 Å². The number of sulfonamides is 1. The van der Waals surface area contributed by atoms with Crippen LogP contribution < -0.4 is 4.72 Å². The fraction of sp³-hybridized carbons (Fsp3) is 0.500. The maximum Gasteiger partial charge on any atom is 0.242 e. The van der Waals surface area contributed by atoms with E-state index < -0.39 is 10.0 Å². The molecule has 0 aliphatic carbocycles. The predicted molar refractivity (Wildman–Crippen MR) is 68.2 cm³/mol. The number of halogens is 1. The van der Waals surface area contributed by atoms with Crippen LogP contribution in [0, 0.1) is 0 Å². The van der Waals surface area contributed by atoms with Crippen molar-refractivity contribution >= 4 is 26.0 Å². The van der Waals surface area contributed by atoms with E-state index in [0.29, 0.717) is 4.47 Å². The third-order valence-corrected chi connectivity index (χ3v) is 4.62. The Morgan fingerprint density at radius 3 is 2.88 bits per heavy atom. The van der Waals surface area contributed by atoms with Crippen LogP contribution in [-0.2, 0) is 10.0 Å². The van der Waals surface area contributed by atoms with Crippen LogP contribution in [0.3, 0.4) is 0 Å². The fourth-order valence-corrected chi connectivity index (χ4v) is 3.62. The van der Waals surface area contributed by atoms with Gasteiger partial charge in [0.05, 0.1) is 0 Å². The molecule has 1 fully saturated rings. The minimum absolute atomic E-state index is 0.0102. The Morgan fingerprint density at radius 1 is 1.53 bits per heavy atom. The summed E-state index contributed by atoms with van der Waals surface area (Å²) in [6.07, 6.45) is 3.76. The zero-order chi connectivity index (χ0) is 12.5. The first-order chi connectivity index (χ1) is 7.97. The summed E-state index contributed by atoms with van der Waals surface area (Å²) >= 11 is 3.21. The van der Waals surface area contributed by atoms with Crippen LogP contribution in [0.4, 0.5) is 0 Å². The Morgan fingerprint density at radius 2 is 2.29 bits per heavy atom. The maximum atomic E-state index is 12.1. The minimum Gasteiger partial charge on any atom is -0.305 e. The van der Waals surface area contributed by atoms with Crippen molar-refractivity contribution in [1.82, 2.24) is 14.6 Å². The quantitative estimate of drug-likeness (QED) is 0.896. The van der Waals surface area contributed by atoms with Gasteiger partial charge in [0, 0.05) is 29.5 Å². The zero-order valence-electron chi connectivity index (χ0n) is 9.43. The van der Waals surface area contributed by atoms with Gasteiger partial charge in [-0.15, -0.1) is 0 Å². The lowest BCUT2D eigenvalue weighted by molar-refractivity contribution is 0.407. The first kappa shape index (κ1) is 12.9. The lowest BCUT2D eigenvalue weighted by Crippen LogP contribution is -2.36. The molecular formula is C10H14BrN3O2S. The lowest BCUT2D eigenvalue weighted by Gasteiger charge is -2.13. The summed E-state index contributed by atoms with van der Waals surface area (Å²) in [5, 5.41) is 0. The number of nitrogens with one attached hydrogen (secondary N) is 1. The molecule has 2 heterocycles. The van der Waals surface area contributed by atoms with Crippen molar-refractivity contribution in [3.63, 3.8) is 0 Å². The molecule has 94 valence electrons. The van der Waals surface area contributed by atoms with Crippen LogP contribution in [0.15, 0.2) is 27.8 Å². The highest BCUT2D eigenvalue weighted by Crippen LogP contribution is 2.16. The molecule has 2 rings (SSSR count). The Balaban J connectivity index is 2.14. The summed E-state index contributed by atoms with van der Waals surface area (Å²) in [5.41, 5.74) is 0. The van der Waals surface area contributed by atoms with Gasteiger partial charge in [0.15, 0.2) is 0 Å². The van der Waals surface area contributed by atoms with Gasteiger partial charge >= 0.3 is 0 Å². The molecule has 1 saturated heterocycles. The molecule has 1 unspecified atom stereocenters. The molecule has 0 spiro atoms. The number of pyridine rings is 1. The second-order valence-electron chi connectivity index (χ2n) is 4.21. The molecule has 1 atom stereocenters. The van der Waals surface area contributed by atoms with Crippen LogP contribution >= 0.6 is 15.9 Å². The zero-order valence-corrected chi connectivity index (χ0v) is 11.8. The monoisotopic (exact) mass is 319 g/mol. The molecule has 1 aromatic heterocycles. The van der Waals surface area contributed by atoms with Crippen LogP contribution in [0.1, 0.15) is 6.42 Å². The van der Waals surface area contributed by atoms with Gasteiger partial charge in [-0.3, -0.25) is 4.98 Å². The number of hydrogen-bond acceptors (Lipinski definition) is 4. The number of nitrogens with zero attached hydrogens (tertiary/aromatic N) is 2. The Bertz CT molecular complexity index is 506. The predicted octanol–water partition coefficient (Wildman–Crippen LogP) is 0.827. The molecule has 7 heteroatoms. The molecule has 0 bridgehead atoms. The highest BCUT2D eigenvalue weighted by atomic mass is 79.9. The van der Waals surface area contributed by atoms with Gasteiger partial charge < -0.3 is 4.90 Å². The smallest absolute Gasteiger partial charge is 0.242 e. The molecular weight excluding hydrogens is 306 g/mol. The van der Waals surface area contributed by atoms with Gasteiger partial charge in [-0.05, 0) is 42.0 Å². The first-order valence-electron chi connectivity index (χ1n) is 5.29. The topological polar surface area (TPSA) is 62.3 Å². The standard InChI is InChI=1S/C10H14BrN3O2S/c1-14-3-2-9(7-14)13-17(15,16)10-4-8(11)5-12-6-10/h4-6,9,13H,2-3,7H2,1H3. The van der Waals surface area contributed by atoms with Crippen molar-refractivity contribution in [2.75, 3.05) is 20.1 Å². The van der Waals surface area contributed by atoms with E-state index >= 15 is 0 Å². The summed E-state index contributed by atoms with van der Waals surface area (Å²) in [6, 6.07) is 1.54. The molecule has 0 radical (unpaired) electrons. The van der Waals surface area contributed by atoms with Crippen LogP contribution in [0.25, 0.3) is 0 Å². The van der Waals surface area contributed by atoms with Crippen molar-refractivity contribution in [2.24, 2.45) is 0 Å². The van der Waals surface area contributed by atoms with Crippen molar-refractivity contribution in [3.8, 4) is 0 Å². The van der Waals surface area contributed by atoms with Gasteiger partial charge in [0.1, 0.15) is 4.90 Å². The highest BCUT2D eigenvalue weighted by Gasteiger charge is 2.25. The Labute approximate surface area is 109 Å². The molecule has 1 aromatic rings. The van der Waals surface area contributed by atoms with Gasteiger partial charge in [-0.25, -0.2) is 13.1 Å². The van der Waals surface area contributed by atoms with E-state index in [1.807, 2.05) is 7.05 Å². The summed E-state index contributed by atoms with van der Waals surface area (Å²) < 4.78 is 27.5. The van der Waals surface area contributed by atoms with Crippen molar-refractivity contribution in [1.29, 1.82) is 0 Å². The van der Waals surface area contributed by atoms with Gasteiger partial charge in [-0.1, -0.05) is 0 Å². The molecule has 17 heavy (non-hydrogen) atoms. The van der Waals surface area contributed by atoms with E-state index in [-0.39, 0.29) is 10.9 Å². The SMILES string of the molecule is CN1CCC(NS(=O)(=O)c2cncc(Br)c2)C1. The second-order valence-corrected chi connectivity index (χ2v) is 6.84. The Kier molecular flexibility index (Phi) is 3.82. The Hall–Kier alpha value is -0.500. The van der Waals surface area contributed by atoms with Crippen LogP contribution in [-0.4, -0.2) is 44.5 Å².